The predicted octanol–water partition coefficient (Wildman–Crippen LogP) is 2.48. The molecule has 0 aliphatic carbocycles. The molecule has 2 amide bonds. The van der Waals surface area contributed by atoms with Crippen LogP contribution >= 0.6 is 0 Å². The van der Waals surface area contributed by atoms with Crippen molar-refractivity contribution < 1.29 is 18.0 Å². The number of benzene rings is 1. The normalized spacial score (nSPS) is 20.7. The van der Waals surface area contributed by atoms with E-state index in [9.17, 15) is 18.0 Å². The second-order valence-corrected chi connectivity index (χ2v) is 10.9. The fourth-order valence-electron chi connectivity index (χ4n) is 4.70. The van der Waals surface area contributed by atoms with Crippen LogP contribution in [0.4, 0.5) is 0 Å². The van der Waals surface area contributed by atoms with Crippen molar-refractivity contribution in [3.63, 3.8) is 0 Å². The third-order valence-corrected chi connectivity index (χ3v) is 7.79. The molecule has 2 saturated heterocycles. The molecule has 1 aromatic rings. The average molecular weight is 450 g/mol. The second kappa shape index (κ2) is 10.1. The van der Waals surface area contributed by atoms with Crippen LogP contribution in [-0.4, -0.2) is 68.0 Å². The van der Waals surface area contributed by atoms with Crippen molar-refractivity contribution in [3.8, 4) is 0 Å². The van der Waals surface area contributed by atoms with Crippen LogP contribution in [0.5, 0.6) is 0 Å². The van der Waals surface area contributed by atoms with Crippen LogP contribution in [0.1, 0.15) is 60.5 Å². The number of likely N-dealkylation sites (tertiary alicyclic amines) is 2. The van der Waals surface area contributed by atoms with Gasteiger partial charge in [0.2, 0.25) is 15.9 Å². The summed E-state index contributed by atoms with van der Waals surface area (Å²) in [4.78, 5) is 29.8. The molecule has 31 heavy (non-hydrogen) atoms. The zero-order valence-electron chi connectivity index (χ0n) is 18.9. The van der Waals surface area contributed by atoms with Crippen LogP contribution in [0.25, 0.3) is 0 Å². The summed E-state index contributed by atoms with van der Waals surface area (Å²) in [5.41, 5.74) is 2.81. The van der Waals surface area contributed by atoms with E-state index in [1.807, 2.05) is 48.8 Å². The molecule has 1 N–H and O–H groups in total. The van der Waals surface area contributed by atoms with Crippen LogP contribution in [0.3, 0.4) is 0 Å². The highest BCUT2D eigenvalue weighted by Gasteiger charge is 2.33. The van der Waals surface area contributed by atoms with Gasteiger partial charge in [0.15, 0.2) is 0 Å². The van der Waals surface area contributed by atoms with Gasteiger partial charge < -0.3 is 9.80 Å². The first-order valence-corrected chi connectivity index (χ1v) is 13.0. The average Bonchev–Trinajstić information content (AvgIpc) is 2.72. The molecule has 0 aromatic heterocycles. The fourth-order valence-corrected chi connectivity index (χ4v) is 6.10. The number of piperidine rings is 2. The Balaban J connectivity index is 1.56. The summed E-state index contributed by atoms with van der Waals surface area (Å²) >= 11 is 0. The Morgan fingerprint density at radius 1 is 1.00 bits per heavy atom. The maximum atomic E-state index is 13.1. The molecule has 0 radical (unpaired) electrons. The number of hydrogen-bond acceptors (Lipinski definition) is 4. The van der Waals surface area contributed by atoms with Gasteiger partial charge in [-0.15, -0.1) is 0 Å². The third kappa shape index (κ3) is 6.29. The molecule has 1 unspecified atom stereocenters. The molecule has 3 rings (SSSR count). The lowest BCUT2D eigenvalue weighted by Gasteiger charge is -2.38. The summed E-state index contributed by atoms with van der Waals surface area (Å²) in [7, 11) is -3.24. The number of amides is 2. The number of nitrogens with one attached hydrogen (secondary N) is 1. The molecule has 2 fully saturated rings. The molecule has 7 nitrogen and oxygen atoms in total. The van der Waals surface area contributed by atoms with E-state index in [0.717, 1.165) is 24.0 Å². The summed E-state index contributed by atoms with van der Waals surface area (Å²) in [5.74, 6) is 0.0384. The molecule has 1 atom stereocenters. The summed E-state index contributed by atoms with van der Waals surface area (Å²) in [6.07, 6.45) is 3.46. The van der Waals surface area contributed by atoms with Gasteiger partial charge in [0.05, 0.1) is 11.7 Å². The molecular formula is C23H35N3O4S. The molecule has 2 heterocycles. The number of hydrogen-bond donors (Lipinski definition) is 1. The Kier molecular flexibility index (Phi) is 7.75. The van der Waals surface area contributed by atoms with E-state index in [4.69, 9.17) is 0 Å². The highest BCUT2D eigenvalue weighted by Crippen LogP contribution is 2.23. The fraction of sp³-hybridized carbons (Fsp3) is 0.652. The quantitative estimate of drug-likeness (QED) is 0.723. The SMILES string of the molecule is CCCS(=O)(=O)NC1CCN(C(=O)C2CCCN(C(=O)c3cc(C)cc(C)c3)C2)CC1. The van der Waals surface area contributed by atoms with Crippen molar-refractivity contribution >= 4 is 21.8 Å². The van der Waals surface area contributed by atoms with Crippen LogP contribution in [0.2, 0.25) is 0 Å². The molecule has 0 spiro atoms. The number of carbonyl (C=O) groups excluding carboxylic acids is 2. The molecular weight excluding hydrogens is 414 g/mol. The molecule has 1 aromatic carbocycles. The van der Waals surface area contributed by atoms with Crippen molar-refractivity contribution in [2.24, 2.45) is 5.92 Å². The molecule has 2 aliphatic rings. The molecule has 0 bridgehead atoms. The van der Waals surface area contributed by atoms with E-state index >= 15 is 0 Å². The van der Waals surface area contributed by atoms with Gasteiger partial charge in [-0.1, -0.05) is 24.1 Å². The Bertz CT molecular complexity index is 887. The predicted molar refractivity (Wildman–Crippen MR) is 121 cm³/mol. The molecule has 0 saturated carbocycles. The minimum Gasteiger partial charge on any atom is -0.342 e. The van der Waals surface area contributed by atoms with Crippen LogP contribution in [0, 0.1) is 19.8 Å². The second-order valence-electron chi connectivity index (χ2n) is 9.00. The van der Waals surface area contributed by atoms with Gasteiger partial charge in [0, 0.05) is 37.8 Å². The summed E-state index contributed by atoms with van der Waals surface area (Å²) < 4.78 is 26.7. The third-order valence-electron chi connectivity index (χ3n) is 6.15. The van der Waals surface area contributed by atoms with Crippen LogP contribution < -0.4 is 4.72 Å². The number of carbonyl (C=O) groups is 2. The van der Waals surface area contributed by atoms with Crippen molar-refractivity contribution in [3.05, 3.63) is 34.9 Å². The van der Waals surface area contributed by atoms with E-state index in [2.05, 4.69) is 4.72 Å². The van der Waals surface area contributed by atoms with E-state index < -0.39 is 10.0 Å². The van der Waals surface area contributed by atoms with Crippen LogP contribution in [-0.2, 0) is 14.8 Å². The van der Waals surface area contributed by atoms with Gasteiger partial charge >= 0.3 is 0 Å². The summed E-state index contributed by atoms with van der Waals surface area (Å²) in [6, 6.07) is 5.76. The van der Waals surface area contributed by atoms with Gasteiger partial charge in [0.25, 0.3) is 5.91 Å². The first kappa shape index (κ1) is 23.7. The molecule has 172 valence electrons. The van der Waals surface area contributed by atoms with Crippen molar-refractivity contribution in [1.82, 2.24) is 14.5 Å². The van der Waals surface area contributed by atoms with Gasteiger partial charge in [-0.25, -0.2) is 13.1 Å². The van der Waals surface area contributed by atoms with E-state index in [1.165, 1.54) is 0 Å². The maximum Gasteiger partial charge on any atom is 0.253 e. The number of aryl methyl sites for hydroxylation is 2. The van der Waals surface area contributed by atoms with Gasteiger partial charge in [-0.2, -0.15) is 0 Å². The van der Waals surface area contributed by atoms with Crippen molar-refractivity contribution in [2.75, 3.05) is 31.9 Å². The van der Waals surface area contributed by atoms with Crippen molar-refractivity contribution in [1.29, 1.82) is 0 Å². The van der Waals surface area contributed by atoms with E-state index in [-0.39, 0.29) is 29.5 Å². The molecule has 8 heteroatoms. The Morgan fingerprint density at radius 3 is 2.26 bits per heavy atom. The lowest BCUT2D eigenvalue weighted by atomic mass is 9.94. The zero-order chi connectivity index (χ0) is 22.6. The van der Waals surface area contributed by atoms with Crippen LogP contribution in [0.15, 0.2) is 18.2 Å². The largest absolute Gasteiger partial charge is 0.342 e. The highest BCUT2D eigenvalue weighted by atomic mass is 32.2. The highest BCUT2D eigenvalue weighted by molar-refractivity contribution is 7.89. The minimum absolute atomic E-state index is 0.00617. The van der Waals surface area contributed by atoms with Gasteiger partial charge in [-0.05, 0) is 58.1 Å². The first-order valence-electron chi connectivity index (χ1n) is 11.3. The van der Waals surface area contributed by atoms with E-state index in [0.29, 0.717) is 51.0 Å². The number of nitrogens with zero attached hydrogens (tertiary/aromatic N) is 2. The Morgan fingerprint density at radius 2 is 1.65 bits per heavy atom. The lowest BCUT2D eigenvalue weighted by Crippen LogP contribution is -2.51. The summed E-state index contributed by atoms with van der Waals surface area (Å²) in [5, 5.41) is 0. The first-order chi connectivity index (χ1) is 14.7. The summed E-state index contributed by atoms with van der Waals surface area (Å²) in [6.45, 7) is 8.05. The lowest BCUT2D eigenvalue weighted by molar-refractivity contribution is -0.138. The number of rotatable bonds is 6. The monoisotopic (exact) mass is 449 g/mol. The maximum absolute atomic E-state index is 13.1. The van der Waals surface area contributed by atoms with Gasteiger partial charge in [-0.3, -0.25) is 9.59 Å². The van der Waals surface area contributed by atoms with Crippen molar-refractivity contribution in [2.45, 2.75) is 58.9 Å². The van der Waals surface area contributed by atoms with E-state index in [1.54, 1.807) is 0 Å². The topological polar surface area (TPSA) is 86.8 Å². The minimum atomic E-state index is -3.24. The Labute approximate surface area is 186 Å². The Hall–Kier alpha value is -1.93. The number of sulfonamides is 1. The standard InChI is InChI=1S/C23H35N3O4S/c1-4-12-31(29,30)24-21-7-10-25(11-8-21)22(27)19-6-5-9-26(16-19)23(28)20-14-17(2)13-18(3)15-20/h13-15,19,21,24H,4-12,16H2,1-3H3. The smallest absolute Gasteiger partial charge is 0.253 e. The molecule has 2 aliphatic heterocycles. The zero-order valence-corrected chi connectivity index (χ0v) is 19.7. The van der Waals surface area contributed by atoms with Gasteiger partial charge in [0.1, 0.15) is 0 Å².